The first-order valence-electron chi connectivity index (χ1n) is 3.39. The van der Waals surface area contributed by atoms with Crippen molar-refractivity contribution in [2.45, 2.75) is 6.42 Å². The number of benzene rings is 1. The minimum atomic E-state index is -1.37. The van der Waals surface area contributed by atoms with Crippen molar-refractivity contribution in [3.05, 3.63) is 29.3 Å². The third-order valence-electron chi connectivity index (χ3n) is 1.42. The van der Waals surface area contributed by atoms with Gasteiger partial charge in [-0.3, -0.25) is 4.79 Å². The van der Waals surface area contributed by atoms with Crippen molar-refractivity contribution in [1.29, 1.82) is 0 Å². The van der Waals surface area contributed by atoms with Crippen molar-refractivity contribution in [3.8, 4) is 5.75 Å². The van der Waals surface area contributed by atoms with E-state index in [0.717, 1.165) is 12.1 Å². The van der Waals surface area contributed by atoms with Gasteiger partial charge in [-0.2, -0.15) is 4.39 Å². The molecule has 0 saturated heterocycles. The van der Waals surface area contributed by atoms with E-state index >= 15 is 0 Å². The molecule has 0 aliphatic heterocycles. The summed E-state index contributed by atoms with van der Waals surface area (Å²) in [6, 6.07) is 1.62. The molecule has 0 saturated carbocycles. The number of phenols is 1. The molecule has 1 aromatic carbocycles. The summed E-state index contributed by atoms with van der Waals surface area (Å²) in [6.45, 7) is 0. The van der Waals surface area contributed by atoms with Crippen molar-refractivity contribution < 1.29 is 23.8 Å². The molecule has 0 amide bonds. The van der Waals surface area contributed by atoms with Gasteiger partial charge in [0, 0.05) is 0 Å². The third kappa shape index (κ3) is 2.14. The van der Waals surface area contributed by atoms with E-state index in [0.29, 0.717) is 0 Å². The van der Waals surface area contributed by atoms with Crippen molar-refractivity contribution in [1.82, 2.24) is 0 Å². The van der Waals surface area contributed by atoms with Crippen LogP contribution in [-0.4, -0.2) is 16.2 Å². The molecule has 0 heterocycles. The fourth-order valence-electron chi connectivity index (χ4n) is 0.906. The molecule has 70 valence electrons. The number of rotatable bonds is 2. The van der Waals surface area contributed by atoms with Crippen molar-refractivity contribution in [2.24, 2.45) is 0 Å². The Hall–Kier alpha value is -1.65. The molecule has 0 aliphatic rings. The molecular formula is C8H6F2O3. The van der Waals surface area contributed by atoms with Gasteiger partial charge in [0.15, 0.2) is 17.4 Å². The van der Waals surface area contributed by atoms with E-state index in [-0.39, 0.29) is 5.56 Å². The van der Waals surface area contributed by atoms with E-state index in [2.05, 4.69) is 0 Å². The van der Waals surface area contributed by atoms with Crippen LogP contribution in [0.15, 0.2) is 12.1 Å². The molecule has 0 bridgehead atoms. The van der Waals surface area contributed by atoms with Crippen LogP contribution in [0, 0.1) is 11.6 Å². The zero-order chi connectivity index (χ0) is 10.0. The Morgan fingerprint density at radius 1 is 1.38 bits per heavy atom. The standard InChI is InChI=1S/C8H6F2O3/c9-5-1-4(3-7(12)13)2-6(11)8(5)10/h1-2,11H,3H2,(H,12,13). The van der Waals surface area contributed by atoms with E-state index in [1.54, 1.807) is 0 Å². The van der Waals surface area contributed by atoms with Crippen LogP contribution in [0.1, 0.15) is 5.56 Å². The maximum Gasteiger partial charge on any atom is 0.307 e. The summed E-state index contributed by atoms with van der Waals surface area (Å²) in [4.78, 5) is 10.2. The van der Waals surface area contributed by atoms with Gasteiger partial charge in [-0.05, 0) is 17.7 Å². The summed E-state index contributed by atoms with van der Waals surface area (Å²) in [5, 5.41) is 17.1. The fourth-order valence-corrected chi connectivity index (χ4v) is 0.906. The van der Waals surface area contributed by atoms with E-state index in [9.17, 15) is 13.6 Å². The number of carbonyl (C=O) groups is 1. The zero-order valence-electron chi connectivity index (χ0n) is 6.42. The Morgan fingerprint density at radius 2 is 2.00 bits per heavy atom. The highest BCUT2D eigenvalue weighted by Gasteiger charge is 2.11. The lowest BCUT2D eigenvalue weighted by Crippen LogP contribution is -2.01. The number of carboxylic acids is 1. The van der Waals surface area contributed by atoms with Gasteiger partial charge in [0.25, 0.3) is 0 Å². The quantitative estimate of drug-likeness (QED) is 0.735. The highest BCUT2D eigenvalue weighted by molar-refractivity contribution is 5.70. The molecular weight excluding hydrogens is 182 g/mol. The Kier molecular flexibility index (Phi) is 2.46. The number of carboxylic acid groups (broad SMARTS) is 1. The molecule has 2 N–H and O–H groups in total. The zero-order valence-corrected chi connectivity index (χ0v) is 6.42. The molecule has 0 spiro atoms. The number of aliphatic carboxylic acids is 1. The lowest BCUT2D eigenvalue weighted by atomic mass is 10.1. The molecule has 0 aromatic heterocycles. The lowest BCUT2D eigenvalue weighted by molar-refractivity contribution is -0.136. The van der Waals surface area contributed by atoms with Gasteiger partial charge < -0.3 is 10.2 Å². The van der Waals surface area contributed by atoms with Crippen LogP contribution in [-0.2, 0) is 11.2 Å². The number of hydrogen-bond donors (Lipinski definition) is 2. The van der Waals surface area contributed by atoms with Crippen LogP contribution in [0.2, 0.25) is 0 Å². The van der Waals surface area contributed by atoms with E-state index in [1.807, 2.05) is 0 Å². The first-order valence-corrected chi connectivity index (χ1v) is 3.39. The molecule has 0 fully saturated rings. The van der Waals surface area contributed by atoms with Gasteiger partial charge in [-0.15, -0.1) is 0 Å². The second kappa shape index (κ2) is 3.38. The van der Waals surface area contributed by atoms with Crippen LogP contribution in [0.25, 0.3) is 0 Å². The van der Waals surface area contributed by atoms with Crippen LogP contribution >= 0.6 is 0 Å². The summed E-state index contributed by atoms with van der Waals surface area (Å²) >= 11 is 0. The maximum atomic E-state index is 12.6. The highest BCUT2D eigenvalue weighted by atomic mass is 19.2. The average molecular weight is 188 g/mol. The van der Waals surface area contributed by atoms with Crippen LogP contribution < -0.4 is 0 Å². The second-order valence-electron chi connectivity index (χ2n) is 2.48. The predicted octanol–water partition coefficient (Wildman–Crippen LogP) is 1.30. The van der Waals surface area contributed by atoms with Gasteiger partial charge in [-0.25, -0.2) is 4.39 Å². The van der Waals surface area contributed by atoms with Crippen LogP contribution in [0.5, 0.6) is 5.75 Å². The minimum Gasteiger partial charge on any atom is -0.505 e. The van der Waals surface area contributed by atoms with Crippen LogP contribution in [0.3, 0.4) is 0 Å². The molecule has 0 radical (unpaired) electrons. The Bertz CT molecular complexity index is 326. The summed E-state index contributed by atoms with van der Waals surface area (Å²) in [5.41, 5.74) is 0.0175. The molecule has 13 heavy (non-hydrogen) atoms. The third-order valence-corrected chi connectivity index (χ3v) is 1.42. The first kappa shape index (κ1) is 9.44. The number of halogens is 2. The summed E-state index contributed by atoms with van der Waals surface area (Å²) in [6.07, 6.45) is -0.454. The molecule has 0 unspecified atom stereocenters. The normalized spacial score (nSPS) is 10.0. The number of hydrogen-bond acceptors (Lipinski definition) is 2. The summed E-state index contributed by atoms with van der Waals surface area (Å²) in [7, 11) is 0. The average Bonchev–Trinajstić information content (AvgIpc) is 1.98. The molecule has 0 aliphatic carbocycles. The SMILES string of the molecule is O=C(O)Cc1cc(O)c(F)c(F)c1. The lowest BCUT2D eigenvalue weighted by Gasteiger charge is -2.00. The van der Waals surface area contributed by atoms with Crippen molar-refractivity contribution in [2.75, 3.05) is 0 Å². The molecule has 0 atom stereocenters. The van der Waals surface area contributed by atoms with Crippen molar-refractivity contribution in [3.63, 3.8) is 0 Å². The molecule has 5 heteroatoms. The number of aromatic hydroxyl groups is 1. The maximum absolute atomic E-state index is 12.6. The van der Waals surface area contributed by atoms with E-state index in [4.69, 9.17) is 10.2 Å². The smallest absolute Gasteiger partial charge is 0.307 e. The van der Waals surface area contributed by atoms with Gasteiger partial charge >= 0.3 is 5.97 Å². The largest absolute Gasteiger partial charge is 0.505 e. The molecule has 1 rings (SSSR count). The summed E-state index contributed by atoms with van der Waals surface area (Å²) in [5.74, 6) is -4.67. The Balaban J connectivity index is 3.06. The van der Waals surface area contributed by atoms with Gasteiger partial charge in [0.05, 0.1) is 6.42 Å². The van der Waals surface area contributed by atoms with Gasteiger partial charge in [-0.1, -0.05) is 0 Å². The van der Waals surface area contributed by atoms with Crippen LogP contribution in [0.4, 0.5) is 8.78 Å². The minimum absolute atomic E-state index is 0.0175. The molecule has 1 aromatic rings. The van der Waals surface area contributed by atoms with Gasteiger partial charge in [0.1, 0.15) is 0 Å². The topological polar surface area (TPSA) is 57.5 Å². The molecule has 3 nitrogen and oxygen atoms in total. The summed E-state index contributed by atoms with van der Waals surface area (Å²) < 4.78 is 25.0. The number of phenolic OH excluding ortho intramolecular Hbond substituents is 1. The Morgan fingerprint density at radius 3 is 2.46 bits per heavy atom. The fraction of sp³-hybridized carbons (Fsp3) is 0.125. The monoisotopic (exact) mass is 188 g/mol. The highest BCUT2D eigenvalue weighted by Crippen LogP contribution is 2.20. The first-order chi connectivity index (χ1) is 6.00. The Labute approximate surface area is 72.2 Å². The second-order valence-corrected chi connectivity index (χ2v) is 2.48. The van der Waals surface area contributed by atoms with Gasteiger partial charge in [0.2, 0.25) is 0 Å². The van der Waals surface area contributed by atoms with Crippen molar-refractivity contribution >= 4 is 5.97 Å². The van der Waals surface area contributed by atoms with E-state index < -0.39 is 29.8 Å². The predicted molar refractivity (Wildman–Crippen MR) is 39.4 cm³/mol. The van der Waals surface area contributed by atoms with E-state index in [1.165, 1.54) is 0 Å².